The van der Waals surface area contributed by atoms with E-state index in [1.807, 2.05) is 39.0 Å². The molecular weight excluding hydrogens is 444 g/mol. The first-order valence-corrected chi connectivity index (χ1v) is 12.0. The first-order chi connectivity index (χ1) is 16.6. The number of hydrogen-bond donors (Lipinski definition) is 2. The fourth-order valence-corrected chi connectivity index (χ4v) is 3.36. The molecule has 188 valence electrons. The van der Waals surface area contributed by atoms with Crippen LogP contribution in [-0.2, 0) is 15.1 Å². The van der Waals surface area contributed by atoms with Gasteiger partial charge in [-0.1, -0.05) is 44.9 Å². The molecule has 2 heterocycles. The van der Waals surface area contributed by atoms with Gasteiger partial charge >= 0.3 is 0 Å². The summed E-state index contributed by atoms with van der Waals surface area (Å²) in [7, 11) is 0. The SMILES string of the molecule is CC(C)(C)n1cc(C(=O)NCC(=O)N2CC(C(=O)Nc3ccccc3)CC2C#N)cn1.CCCC. The predicted molar refractivity (Wildman–Crippen MR) is 134 cm³/mol. The molecule has 35 heavy (non-hydrogen) atoms. The largest absolute Gasteiger partial charge is 0.343 e. The number of nitrogens with one attached hydrogen (secondary N) is 2. The van der Waals surface area contributed by atoms with Gasteiger partial charge in [-0.3, -0.25) is 19.1 Å². The van der Waals surface area contributed by atoms with Crippen molar-refractivity contribution in [2.45, 2.75) is 65.5 Å². The zero-order chi connectivity index (χ0) is 26.0. The number of likely N-dealkylation sites (tertiary alicyclic amines) is 1. The summed E-state index contributed by atoms with van der Waals surface area (Å²) in [5.74, 6) is -1.55. The number of anilines is 1. The molecule has 2 atom stereocenters. The summed E-state index contributed by atoms with van der Waals surface area (Å²) in [6.45, 7) is 10.1. The number of benzene rings is 1. The summed E-state index contributed by atoms with van der Waals surface area (Å²) in [6, 6.07) is 10.4. The Kier molecular flexibility index (Phi) is 10.0. The molecule has 0 aliphatic carbocycles. The van der Waals surface area contributed by atoms with E-state index in [2.05, 4.69) is 35.6 Å². The fraction of sp³-hybridized carbons (Fsp3) is 0.500. The molecule has 1 aromatic carbocycles. The van der Waals surface area contributed by atoms with Crippen molar-refractivity contribution in [3.8, 4) is 6.07 Å². The van der Waals surface area contributed by atoms with Crippen molar-refractivity contribution in [3.05, 3.63) is 48.3 Å². The monoisotopic (exact) mass is 480 g/mol. The van der Waals surface area contributed by atoms with E-state index < -0.39 is 23.8 Å². The van der Waals surface area contributed by atoms with E-state index in [1.54, 1.807) is 23.0 Å². The number of amides is 3. The Balaban J connectivity index is 0.00000100. The molecule has 0 bridgehead atoms. The van der Waals surface area contributed by atoms with Crippen LogP contribution < -0.4 is 10.6 Å². The van der Waals surface area contributed by atoms with Gasteiger partial charge in [0.2, 0.25) is 11.8 Å². The second kappa shape index (κ2) is 12.7. The average molecular weight is 481 g/mol. The molecule has 0 saturated carbocycles. The highest BCUT2D eigenvalue weighted by Gasteiger charge is 2.38. The summed E-state index contributed by atoms with van der Waals surface area (Å²) in [5.41, 5.74) is 0.745. The maximum atomic E-state index is 12.6. The molecule has 2 aromatic rings. The molecule has 3 rings (SSSR count). The van der Waals surface area contributed by atoms with Gasteiger partial charge in [0.05, 0.1) is 35.8 Å². The number of carbonyl (C=O) groups excluding carboxylic acids is 3. The van der Waals surface area contributed by atoms with Crippen LogP contribution in [0.2, 0.25) is 0 Å². The second-order valence-corrected chi connectivity index (χ2v) is 9.51. The van der Waals surface area contributed by atoms with Crippen LogP contribution in [0.25, 0.3) is 0 Å². The summed E-state index contributed by atoms with van der Waals surface area (Å²) < 4.78 is 1.67. The van der Waals surface area contributed by atoms with Gasteiger partial charge in [0.1, 0.15) is 6.04 Å². The molecule has 1 aliphatic heterocycles. The van der Waals surface area contributed by atoms with Crippen LogP contribution in [0, 0.1) is 17.2 Å². The number of aromatic nitrogens is 2. The molecule has 1 saturated heterocycles. The number of carbonyl (C=O) groups is 3. The lowest BCUT2D eigenvalue weighted by Gasteiger charge is -2.20. The highest BCUT2D eigenvalue weighted by atomic mass is 16.2. The van der Waals surface area contributed by atoms with Crippen LogP contribution in [0.5, 0.6) is 0 Å². The Morgan fingerprint density at radius 1 is 1.14 bits per heavy atom. The van der Waals surface area contributed by atoms with Gasteiger partial charge in [0, 0.05) is 18.4 Å². The van der Waals surface area contributed by atoms with Crippen LogP contribution in [0.1, 0.15) is 64.2 Å². The molecule has 0 spiro atoms. The van der Waals surface area contributed by atoms with Crippen LogP contribution in [0.3, 0.4) is 0 Å². The number of para-hydroxylation sites is 1. The second-order valence-electron chi connectivity index (χ2n) is 9.51. The Hall–Kier alpha value is -3.67. The van der Waals surface area contributed by atoms with E-state index in [9.17, 15) is 19.6 Å². The van der Waals surface area contributed by atoms with Gasteiger partial charge in [-0.15, -0.1) is 0 Å². The topological polar surface area (TPSA) is 120 Å². The molecule has 1 fully saturated rings. The van der Waals surface area contributed by atoms with E-state index in [0.29, 0.717) is 11.3 Å². The van der Waals surface area contributed by atoms with E-state index in [4.69, 9.17) is 0 Å². The number of unbranched alkanes of at least 4 members (excludes halogenated alkanes) is 1. The zero-order valence-electron chi connectivity index (χ0n) is 21.2. The number of hydrogen-bond acceptors (Lipinski definition) is 5. The Morgan fingerprint density at radius 2 is 1.80 bits per heavy atom. The van der Waals surface area contributed by atoms with Crippen molar-refractivity contribution in [1.29, 1.82) is 5.26 Å². The lowest BCUT2D eigenvalue weighted by atomic mass is 10.1. The lowest BCUT2D eigenvalue weighted by molar-refractivity contribution is -0.130. The Morgan fingerprint density at radius 3 is 2.34 bits per heavy atom. The Labute approximate surface area is 207 Å². The van der Waals surface area contributed by atoms with Crippen molar-refractivity contribution in [2.24, 2.45) is 5.92 Å². The third kappa shape index (κ3) is 7.95. The standard InChI is InChI=1S/C22H26N6O3.C4H10/c1-22(2,3)28-14-16(11-25-28)20(30)24-12-19(29)27-13-15(9-18(27)10-23)21(31)26-17-7-5-4-6-8-17;1-3-4-2/h4-8,11,14-15,18H,9,12-13H2,1-3H3,(H,24,30)(H,26,31);3-4H2,1-2H3. The molecule has 9 nitrogen and oxygen atoms in total. The third-order valence-electron chi connectivity index (χ3n) is 5.61. The highest BCUT2D eigenvalue weighted by molar-refractivity contribution is 5.97. The molecule has 2 N–H and O–H groups in total. The van der Waals surface area contributed by atoms with Crippen molar-refractivity contribution >= 4 is 23.4 Å². The van der Waals surface area contributed by atoms with Gasteiger partial charge in [-0.2, -0.15) is 10.4 Å². The fourth-order valence-electron chi connectivity index (χ4n) is 3.36. The smallest absolute Gasteiger partial charge is 0.254 e. The van der Waals surface area contributed by atoms with Crippen molar-refractivity contribution in [2.75, 3.05) is 18.4 Å². The molecule has 2 unspecified atom stereocenters. The quantitative estimate of drug-likeness (QED) is 0.655. The van der Waals surface area contributed by atoms with Gasteiger partial charge < -0.3 is 15.5 Å². The predicted octanol–water partition coefficient (Wildman–Crippen LogP) is 3.55. The molecule has 3 amide bonds. The Bertz CT molecular complexity index is 1030. The summed E-state index contributed by atoms with van der Waals surface area (Å²) in [4.78, 5) is 38.9. The van der Waals surface area contributed by atoms with Gasteiger partial charge in [0.25, 0.3) is 5.91 Å². The van der Waals surface area contributed by atoms with Crippen molar-refractivity contribution < 1.29 is 14.4 Å². The maximum absolute atomic E-state index is 12.6. The van der Waals surface area contributed by atoms with Crippen molar-refractivity contribution in [3.63, 3.8) is 0 Å². The van der Waals surface area contributed by atoms with Crippen LogP contribution in [0.4, 0.5) is 5.69 Å². The maximum Gasteiger partial charge on any atom is 0.254 e. The minimum Gasteiger partial charge on any atom is -0.343 e. The van der Waals surface area contributed by atoms with Gasteiger partial charge in [-0.05, 0) is 39.3 Å². The van der Waals surface area contributed by atoms with E-state index in [1.165, 1.54) is 23.9 Å². The zero-order valence-corrected chi connectivity index (χ0v) is 21.2. The van der Waals surface area contributed by atoms with Crippen molar-refractivity contribution in [1.82, 2.24) is 20.0 Å². The summed E-state index contributed by atoms with van der Waals surface area (Å²) in [6.07, 6.45) is 5.97. The minimum absolute atomic E-state index is 0.132. The van der Waals surface area contributed by atoms with E-state index >= 15 is 0 Å². The summed E-state index contributed by atoms with van der Waals surface area (Å²) >= 11 is 0. The van der Waals surface area contributed by atoms with Gasteiger partial charge in [-0.25, -0.2) is 0 Å². The number of nitriles is 1. The van der Waals surface area contributed by atoms with Crippen LogP contribution in [-0.4, -0.2) is 51.5 Å². The van der Waals surface area contributed by atoms with E-state index in [0.717, 1.165) is 0 Å². The summed E-state index contributed by atoms with van der Waals surface area (Å²) in [5, 5.41) is 19.0. The minimum atomic E-state index is -0.709. The molecule has 1 aromatic heterocycles. The number of nitrogens with zero attached hydrogens (tertiary/aromatic N) is 4. The lowest BCUT2D eigenvalue weighted by Crippen LogP contribution is -2.42. The molecule has 9 heteroatoms. The third-order valence-corrected chi connectivity index (χ3v) is 5.61. The normalized spacial score (nSPS) is 17.1. The first kappa shape index (κ1) is 27.6. The van der Waals surface area contributed by atoms with Gasteiger partial charge in [0.15, 0.2) is 0 Å². The molecule has 0 radical (unpaired) electrons. The molecule has 1 aliphatic rings. The molecular formula is C26H36N6O3. The number of rotatable bonds is 6. The van der Waals surface area contributed by atoms with E-state index in [-0.39, 0.29) is 31.0 Å². The highest BCUT2D eigenvalue weighted by Crippen LogP contribution is 2.24. The van der Waals surface area contributed by atoms with Crippen LogP contribution >= 0.6 is 0 Å². The van der Waals surface area contributed by atoms with Crippen LogP contribution in [0.15, 0.2) is 42.7 Å². The first-order valence-electron chi connectivity index (χ1n) is 12.0. The average Bonchev–Trinajstić information content (AvgIpc) is 3.51.